The second-order valence-electron chi connectivity index (χ2n) is 8.22. The summed E-state index contributed by atoms with van der Waals surface area (Å²) in [4.78, 5) is 32.5. The molecule has 2 heterocycles. The molecule has 144 valence electrons. The van der Waals surface area contributed by atoms with Crippen LogP contribution in [-0.2, 0) is 21.0 Å². The summed E-state index contributed by atoms with van der Waals surface area (Å²) >= 11 is 0. The molecule has 1 aromatic carbocycles. The van der Waals surface area contributed by atoms with E-state index in [1.807, 2.05) is 36.1 Å². The standard InChI is InChI=1S/C21H27N3O3/c1-15-3-5-17(6-4-15)13-22-20(26)18-12-21(27-23-18)9-2-10-24(14-21)19(25)11-16-7-8-16/h3-6,16H,2,7-14H2,1H3,(H,22,26)/t21-/m1/s1. The van der Waals surface area contributed by atoms with Crippen LogP contribution in [0.3, 0.4) is 0 Å². The third kappa shape index (κ3) is 4.31. The van der Waals surface area contributed by atoms with Crippen LogP contribution in [0.25, 0.3) is 0 Å². The number of aryl methyl sites for hydroxylation is 1. The summed E-state index contributed by atoms with van der Waals surface area (Å²) in [6, 6.07) is 8.08. The van der Waals surface area contributed by atoms with Crippen molar-refractivity contribution in [2.75, 3.05) is 13.1 Å². The number of carbonyl (C=O) groups excluding carboxylic acids is 2. The van der Waals surface area contributed by atoms with Crippen LogP contribution in [0.1, 0.15) is 49.7 Å². The van der Waals surface area contributed by atoms with Gasteiger partial charge in [-0.15, -0.1) is 0 Å². The van der Waals surface area contributed by atoms with E-state index in [1.165, 1.54) is 18.4 Å². The number of rotatable bonds is 5. The molecule has 27 heavy (non-hydrogen) atoms. The normalized spacial score (nSPS) is 24.5. The molecule has 2 aliphatic heterocycles. The fourth-order valence-corrected chi connectivity index (χ4v) is 3.86. The molecule has 1 atom stereocenters. The van der Waals surface area contributed by atoms with E-state index >= 15 is 0 Å². The molecular weight excluding hydrogens is 342 g/mol. The number of benzene rings is 1. The largest absolute Gasteiger partial charge is 0.386 e. The molecule has 1 saturated carbocycles. The lowest BCUT2D eigenvalue weighted by Crippen LogP contribution is -2.51. The summed E-state index contributed by atoms with van der Waals surface area (Å²) in [5.41, 5.74) is 2.16. The van der Waals surface area contributed by atoms with Crippen molar-refractivity contribution in [2.24, 2.45) is 11.1 Å². The highest BCUT2D eigenvalue weighted by atomic mass is 16.7. The van der Waals surface area contributed by atoms with Crippen LogP contribution in [0.15, 0.2) is 29.4 Å². The summed E-state index contributed by atoms with van der Waals surface area (Å²) in [5, 5.41) is 6.99. The lowest BCUT2D eigenvalue weighted by molar-refractivity contribution is -0.141. The number of carbonyl (C=O) groups is 2. The first kappa shape index (κ1) is 18.0. The van der Waals surface area contributed by atoms with Crippen LogP contribution in [0.5, 0.6) is 0 Å². The molecule has 0 bridgehead atoms. The molecule has 1 saturated heterocycles. The van der Waals surface area contributed by atoms with Gasteiger partial charge in [0.1, 0.15) is 5.71 Å². The molecule has 1 aromatic rings. The van der Waals surface area contributed by atoms with Crippen molar-refractivity contribution in [1.29, 1.82) is 0 Å². The van der Waals surface area contributed by atoms with E-state index in [2.05, 4.69) is 10.5 Å². The van der Waals surface area contributed by atoms with Gasteiger partial charge in [-0.3, -0.25) is 9.59 Å². The van der Waals surface area contributed by atoms with Crippen molar-refractivity contribution >= 4 is 17.5 Å². The third-order valence-corrected chi connectivity index (χ3v) is 5.73. The fourth-order valence-electron chi connectivity index (χ4n) is 3.86. The lowest BCUT2D eigenvalue weighted by Gasteiger charge is -2.38. The third-order valence-electron chi connectivity index (χ3n) is 5.73. The first-order valence-electron chi connectivity index (χ1n) is 9.90. The van der Waals surface area contributed by atoms with Crippen molar-refractivity contribution in [1.82, 2.24) is 10.2 Å². The molecule has 2 amide bonds. The van der Waals surface area contributed by atoms with Crippen LogP contribution in [0.4, 0.5) is 0 Å². The van der Waals surface area contributed by atoms with Gasteiger partial charge in [-0.25, -0.2) is 0 Å². The second-order valence-corrected chi connectivity index (χ2v) is 8.22. The van der Waals surface area contributed by atoms with Crippen molar-refractivity contribution < 1.29 is 14.4 Å². The molecule has 0 radical (unpaired) electrons. The Kier molecular flexibility index (Phi) is 4.89. The minimum atomic E-state index is -0.520. The van der Waals surface area contributed by atoms with Crippen molar-refractivity contribution in [3.63, 3.8) is 0 Å². The van der Waals surface area contributed by atoms with E-state index in [-0.39, 0.29) is 11.8 Å². The van der Waals surface area contributed by atoms with E-state index in [0.29, 0.717) is 37.6 Å². The van der Waals surface area contributed by atoms with Gasteiger partial charge in [0, 0.05) is 25.9 Å². The monoisotopic (exact) mass is 369 g/mol. The predicted octanol–water partition coefficient (Wildman–Crippen LogP) is 2.55. The number of nitrogens with zero attached hydrogens (tertiary/aromatic N) is 2. The predicted molar refractivity (Wildman–Crippen MR) is 102 cm³/mol. The Balaban J connectivity index is 1.30. The van der Waals surface area contributed by atoms with Gasteiger partial charge in [0.05, 0.1) is 6.54 Å². The maximum absolute atomic E-state index is 12.5. The van der Waals surface area contributed by atoms with E-state index < -0.39 is 5.60 Å². The summed E-state index contributed by atoms with van der Waals surface area (Å²) < 4.78 is 0. The maximum Gasteiger partial charge on any atom is 0.269 e. The van der Waals surface area contributed by atoms with Gasteiger partial charge in [0.25, 0.3) is 5.91 Å². The first-order chi connectivity index (χ1) is 13.0. The Labute approximate surface area is 159 Å². The number of hydrogen-bond donors (Lipinski definition) is 1. The zero-order chi connectivity index (χ0) is 18.9. The van der Waals surface area contributed by atoms with E-state index in [0.717, 1.165) is 24.9 Å². The van der Waals surface area contributed by atoms with Crippen molar-refractivity contribution in [2.45, 2.75) is 57.6 Å². The first-order valence-corrected chi connectivity index (χ1v) is 9.90. The topological polar surface area (TPSA) is 71.0 Å². The zero-order valence-electron chi connectivity index (χ0n) is 15.9. The molecule has 6 heteroatoms. The number of amides is 2. The Morgan fingerprint density at radius 3 is 2.81 bits per heavy atom. The summed E-state index contributed by atoms with van der Waals surface area (Å²) in [7, 11) is 0. The average Bonchev–Trinajstić information content (AvgIpc) is 3.40. The molecule has 1 N–H and O–H groups in total. The zero-order valence-corrected chi connectivity index (χ0v) is 15.9. The molecule has 0 unspecified atom stereocenters. The molecule has 3 aliphatic rings. The van der Waals surface area contributed by atoms with Gasteiger partial charge >= 0.3 is 0 Å². The number of oxime groups is 1. The van der Waals surface area contributed by atoms with Gasteiger partial charge in [0.15, 0.2) is 5.60 Å². The minimum absolute atomic E-state index is 0.186. The van der Waals surface area contributed by atoms with Gasteiger partial charge in [-0.2, -0.15) is 0 Å². The lowest BCUT2D eigenvalue weighted by atomic mass is 9.87. The number of likely N-dealkylation sites (tertiary alicyclic amines) is 1. The Morgan fingerprint density at radius 1 is 1.30 bits per heavy atom. The average molecular weight is 369 g/mol. The fraction of sp³-hybridized carbons (Fsp3) is 0.571. The summed E-state index contributed by atoms with van der Waals surface area (Å²) in [5.74, 6) is 0.616. The molecule has 4 rings (SSSR count). The second kappa shape index (κ2) is 7.33. The highest BCUT2D eigenvalue weighted by Gasteiger charge is 2.45. The van der Waals surface area contributed by atoms with E-state index in [9.17, 15) is 9.59 Å². The Morgan fingerprint density at radius 2 is 2.07 bits per heavy atom. The van der Waals surface area contributed by atoms with Gasteiger partial charge in [0.2, 0.25) is 5.91 Å². The quantitative estimate of drug-likeness (QED) is 0.867. The Hall–Kier alpha value is -2.37. The molecule has 6 nitrogen and oxygen atoms in total. The van der Waals surface area contributed by atoms with Crippen molar-refractivity contribution in [3.8, 4) is 0 Å². The smallest absolute Gasteiger partial charge is 0.269 e. The number of nitrogens with one attached hydrogen (secondary N) is 1. The maximum atomic E-state index is 12.5. The highest BCUT2D eigenvalue weighted by Crippen LogP contribution is 2.36. The van der Waals surface area contributed by atoms with Crippen LogP contribution in [0.2, 0.25) is 0 Å². The van der Waals surface area contributed by atoms with E-state index in [1.54, 1.807) is 0 Å². The van der Waals surface area contributed by atoms with Crippen molar-refractivity contribution in [3.05, 3.63) is 35.4 Å². The molecular formula is C21H27N3O3. The summed E-state index contributed by atoms with van der Waals surface area (Å²) in [6.45, 7) is 3.83. The summed E-state index contributed by atoms with van der Waals surface area (Å²) in [6.07, 6.45) is 5.20. The van der Waals surface area contributed by atoms with Crippen LogP contribution in [-0.4, -0.2) is 41.1 Å². The number of piperidine rings is 1. The number of hydrogen-bond acceptors (Lipinski definition) is 4. The molecule has 1 spiro atoms. The highest BCUT2D eigenvalue weighted by molar-refractivity contribution is 6.39. The minimum Gasteiger partial charge on any atom is -0.386 e. The molecule has 0 aromatic heterocycles. The van der Waals surface area contributed by atoms with Gasteiger partial charge in [-0.1, -0.05) is 35.0 Å². The van der Waals surface area contributed by atoms with Gasteiger partial charge in [-0.05, 0) is 44.1 Å². The van der Waals surface area contributed by atoms with Gasteiger partial charge < -0.3 is 15.1 Å². The SMILES string of the molecule is Cc1ccc(CNC(=O)C2=NO[C@]3(CCCN(C(=O)CC4CC4)C3)C2)cc1. The Bertz CT molecular complexity index is 754. The van der Waals surface area contributed by atoms with Crippen LogP contribution < -0.4 is 5.32 Å². The molecule has 1 aliphatic carbocycles. The van der Waals surface area contributed by atoms with Crippen LogP contribution in [0, 0.1) is 12.8 Å². The van der Waals surface area contributed by atoms with Crippen LogP contribution >= 0.6 is 0 Å². The molecule has 2 fully saturated rings. The van der Waals surface area contributed by atoms with E-state index in [4.69, 9.17) is 4.84 Å².